The van der Waals surface area contributed by atoms with Gasteiger partial charge in [-0.15, -0.1) is 13.2 Å². The largest absolute Gasteiger partial charge is 0.573 e. The van der Waals surface area contributed by atoms with Crippen molar-refractivity contribution in [1.29, 1.82) is 5.26 Å². The second-order valence-electron chi connectivity index (χ2n) is 5.06. The number of ether oxygens (including phenoxy) is 1. The van der Waals surface area contributed by atoms with E-state index in [9.17, 15) is 18.0 Å². The number of nitrogens with zero attached hydrogens (tertiary/aromatic N) is 1. The Morgan fingerprint density at radius 1 is 1.16 bits per heavy atom. The summed E-state index contributed by atoms with van der Waals surface area (Å²) in [5.74, 6) is -0.986. The van der Waals surface area contributed by atoms with Gasteiger partial charge < -0.3 is 10.1 Å². The van der Waals surface area contributed by atoms with Crippen LogP contribution in [0.25, 0.3) is 6.08 Å². The van der Waals surface area contributed by atoms with E-state index >= 15 is 0 Å². The van der Waals surface area contributed by atoms with Crippen molar-refractivity contribution in [2.75, 3.05) is 5.32 Å². The van der Waals surface area contributed by atoms with Crippen LogP contribution in [0.5, 0.6) is 5.75 Å². The molecule has 0 aliphatic carbocycles. The second kappa shape index (κ2) is 7.53. The molecule has 2 aromatic carbocycles. The third-order valence-electron chi connectivity index (χ3n) is 3.18. The topological polar surface area (TPSA) is 62.1 Å². The maximum atomic E-state index is 12.2. The van der Waals surface area contributed by atoms with Gasteiger partial charge in [-0.05, 0) is 42.3 Å². The normalized spacial score (nSPS) is 11.6. The SMILES string of the molecule is Cc1ccccc1NC(=O)/C(C#N)=C/c1ccc(OC(F)(F)F)cc1. The molecule has 0 heterocycles. The van der Waals surface area contributed by atoms with E-state index in [0.717, 1.165) is 17.7 Å². The quantitative estimate of drug-likeness (QED) is 0.658. The summed E-state index contributed by atoms with van der Waals surface area (Å²) in [5.41, 5.74) is 1.63. The number of carbonyl (C=O) groups is 1. The number of para-hydroxylation sites is 1. The average molecular weight is 346 g/mol. The highest BCUT2D eigenvalue weighted by Crippen LogP contribution is 2.23. The van der Waals surface area contributed by atoms with Crippen LogP contribution in [0.2, 0.25) is 0 Å². The predicted octanol–water partition coefficient (Wildman–Crippen LogP) is 4.44. The van der Waals surface area contributed by atoms with Gasteiger partial charge in [-0.3, -0.25) is 4.79 Å². The molecule has 2 aromatic rings. The molecule has 1 N–H and O–H groups in total. The Morgan fingerprint density at radius 3 is 2.36 bits per heavy atom. The predicted molar refractivity (Wildman–Crippen MR) is 86.5 cm³/mol. The van der Waals surface area contributed by atoms with Gasteiger partial charge in [0.1, 0.15) is 17.4 Å². The number of alkyl halides is 3. The first-order valence-electron chi connectivity index (χ1n) is 7.13. The number of carbonyl (C=O) groups excluding carboxylic acids is 1. The van der Waals surface area contributed by atoms with Crippen molar-refractivity contribution in [3.8, 4) is 11.8 Å². The van der Waals surface area contributed by atoms with Crippen LogP contribution in [0, 0.1) is 18.3 Å². The Labute approximate surface area is 142 Å². The number of hydrogen-bond donors (Lipinski definition) is 1. The Bertz CT molecular complexity index is 835. The smallest absolute Gasteiger partial charge is 0.406 e. The molecule has 0 atom stereocenters. The second-order valence-corrected chi connectivity index (χ2v) is 5.06. The maximum absolute atomic E-state index is 12.2. The number of hydrogen-bond acceptors (Lipinski definition) is 3. The van der Waals surface area contributed by atoms with Crippen LogP contribution in [-0.2, 0) is 4.79 Å². The first-order valence-corrected chi connectivity index (χ1v) is 7.13. The highest BCUT2D eigenvalue weighted by molar-refractivity contribution is 6.09. The number of halogens is 3. The van der Waals surface area contributed by atoms with Gasteiger partial charge in [0.25, 0.3) is 5.91 Å². The van der Waals surface area contributed by atoms with Crippen LogP contribution >= 0.6 is 0 Å². The molecular formula is C18H13F3N2O2. The van der Waals surface area contributed by atoms with E-state index in [1.807, 2.05) is 19.1 Å². The van der Waals surface area contributed by atoms with Crippen LogP contribution < -0.4 is 10.1 Å². The number of rotatable bonds is 4. The Kier molecular flexibility index (Phi) is 5.45. The highest BCUT2D eigenvalue weighted by Gasteiger charge is 2.30. The van der Waals surface area contributed by atoms with Crippen LogP contribution in [0.15, 0.2) is 54.1 Å². The Balaban J connectivity index is 2.15. The van der Waals surface area contributed by atoms with Gasteiger partial charge in [-0.1, -0.05) is 30.3 Å². The fraction of sp³-hybridized carbons (Fsp3) is 0.111. The lowest BCUT2D eigenvalue weighted by molar-refractivity contribution is -0.274. The molecule has 25 heavy (non-hydrogen) atoms. The number of benzene rings is 2. The van der Waals surface area contributed by atoms with Gasteiger partial charge in [0.05, 0.1) is 0 Å². The van der Waals surface area contributed by atoms with Crippen molar-refractivity contribution in [3.05, 3.63) is 65.2 Å². The minimum Gasteiger partial charge on any atom is -0.406 e. The zero-order valence-corrected chi connectivity index (χ0v) is 13.1. The highest BCUT2D eigenvalue weighted by atomic mass is 19.4. The van der Waals surface area contributed by atoms with Crippen LogP contribution in [0.1, 0.15) is 11.1 Å². The van der Waals surface area contributed by atoms with E-state index in [1.54, 1.807) is 18.2 Å². The molecule has 0 fully saturated rings. The van der Waals surface area contributed by atoms with E-state index in [1.165, 1.54) is 18.2 Å². The summed E-state index contributed by atoms with van der Waals surface area (Å²) in [4.78, 5) is 12.2. The lowest BCUT2D eigenvalue weighted by atomic mass is 10.1. The van der Waals surface area contributed by atoms with Crippen molar-refractivity contribution in [1.82, 2.24) is 0 Å². The summed E-state index contributed by atoms with van der Waals surface area (Å²) < 4.78 is 40.1. The lowest BCUT2D eigenvalue weighted by Crippen LogP contribution is -2.17. The van der Waals surface area contributed by atoms with Crippen LogP contribution in [-0.4, -0.2) is 12.3 Å². The standard InChI is InChI=1S/C18H13F3N2O2/c1-12-4-2-3-5-16(12)23-17(24)14(11-22)10-13-6-8-15(9-7-13)25-18(19,20)21/h2-10H,1H3,(H,23,24)/b14-10+. The van der Waals surface area contributed by atoms with Crippen molar-refractivity contribution >= 4 is 17.7 Å². The molecular weight excluding hydrogens is 333 g/mol. The zero-order valence-electron chi connectivity index (χ0n) is 13.1. The molecule has 0 unspecified atom stereocenters. The molecule has 4 nitrogen and oxygen atoms in total. The van der Waals surface area contributed by atoms with Gasteiger partial charge in [0.2, 0.25) is 0 Å². The van der Waals surface area contributed by atoms with E-state index in [2.05, 4.69) is 10.1 Å². The summed E-state index contributed by atoms with van der Waals surface area (Å²) in [6.45, 7) is 1.81. The summed E-state index contributed by atoms with van der Waals surface area (Å²) in [7, 11) is 0. The first-order chi connectivity index (χ1) is 11.8. The van der Waals surface area contributed by atoms with E-state index in [4.69, 9.17) is 5.26 Å². The summed E-state index contributed by atoms with van der Waals surface area (Å²) in [6, 6.07) is 13.7. The van der Waals surface area contributed by atoms with Gasteiger partial charge in [-0.2, -0.15) is 5.26 Å². The minimum atomic E-state index is -4.78. The maximum Gasteiger partial charge on any atom is 0.573 e. The molecule has 1 amide bonds. The van der Waals surface area contributed by atoms with Gasteiger partial charge in [0.15, 0.2) is 0 Å². The van der Waals surface area contributed by atoms with Crippen molar-refractivity contribution in [3.63, 3.8) is 0 Å². The molecule has 0 saturated carbocycles. The number of nitriles is 1. The number of anilines is 1. The third kappa shape index (κ3) is 5.39. The average Bonchev–Trinajstić information content (AvgIpc) is 2.54. The van der Waals surface area contributed by atoms with E-state index in [-0.39, 0.29) is 11.3 Å². The summed E-state index contributed by atoms with van der Waals surface area (Å²) in [6.07, 6.45) is -3.49. The fourth-order valence-electron chi connectivity index (χ4n) is 1.98. The minimum absolute atomic E-state index is 0.173. The van der Waals surface area contributed by atoms with Crippen molar-refractivity contribution in [2.24, 2.45) is 0 Å². The molecule has 0 spiro atoms. The number of aryl methyl sites for hydroxylation is 1. The van der Waals surface area contributed by atoms with E-state index < -0.39 is 12.3 Å². The summed E-state index contributed by atoms with van der Waals surface area (Å²) in [5, 5.41) is 11.8. The first kappa shape index (κ1) is 18.1. The molecule has 2 rings (SSSR count). The van der Waals surface area contributed by atoms with Crippen LogP contribution in [0.4, 0.5) is 18.9 Å². The van der Waals surface area contributed by atoms with E-state index in [0.29, 0.717) is 11.3 Å². The summed E-state index contributed by atoms with van der Waals surface area (Å²) >= 11 is 0. The Morgan fingerprint density at radius 2 is 1.80 bits per heavy atom. The monoisotopic (exact) mass is 346 g/mol. The third-order valence-corrected chi connectivity index (χ3v) is 3.18. The molecule has 7 heteroatoms. The zero-order chi connectivity index (χ0) is 18.4. The number of nitrogens with one attached hydrogen (secondary N) is 1. The molecule has 0 radical (unpaired) electrons. The Hall–Kier alpha value is -3.27. The van der Waals surface area contributed by atoms with Crippen molar-refractivity contribution in [2.45, 2.75) is 13.3 Å². The van der Waals surface area contributed by atoms with Gasteiger partial charge >= 0.3 is 6.36 Å². The molecule has 0 saturated heterocycles. The molecule has 0 aromatic heterocycles. The number of amides is 1. The van der Waals surface area contributed by atoms with Gasteiger partial charge in [0, 0.05) is 5.69 Å². The molecule has 0 bridgehead atoms. The molecule has 128 valence electrons. The van der Waals surface area contributed by atoms with Crippen molar-refractivity contribution < 1.29 is 22.7 Å². The van der Waals surface area contributed by atoms with Gasteiger partial charge in [-0.25, -0.2) is 0 Å². The lowest BCUT2D eigenvalue weighted by Gasteiger charge is -2.09. The fourth-order valence-corrected chi connectivity index (χ4v) is 1.98. The molecule has 0 aliphatic heterocycles. The molecule has 0 aliphatic rings. The van der Waals surface area contributed by atoms with Crippen LogP contribution in [0.3, 0.4) is 0 Å².